The van der Waals surface area contributed by atoms with Crippen molar-refractivity contribution < 1.29 is 24.5 Å². The molecule has 2 atom stereocenters. The second-order valence-corrected chi connectivity index (χ2v) is 4.95. The van der Waals surface area contributed by atoms with Crippen LogP contribution in [0.25, 0.3) is 0 Å². The molecule has 0 spiro atoms. The number of rotatable bonds is 4. The number of carbonyl (C=O) groups is 2. The Morgan fingerprint density at radius 3 is 2.71 bits per heavy atom. The Bertz CT molecular complexity index is 546. The first-order valence-electron chi connectivity index (χ1n) is 6.68. The number of anilines is 1. The van der Waals surface area contributed by atoms with Gasteiger partial charge in [0.1, 0.15) is 11.3 Å². The highest BCUT2D eigenvalue weighted by Gasteiger charge is 2.28. The van der Waals surface area contributed by atoms with Crippen molar-refractivity contribution in [1.29, 1.82) is 0 Å². The number of phenols is 1. The summed E-state index contributed by atoms with van der Waals surface area (Å²) in [6.45, 7) is 0. The van der Waals surface area contributed by atoms with Gasteiger partial charge in [-0.1, -0.05) is 0 Å². The molecule has 2 rings (SSSR count). The van der Waals surface area contributed by atoms with Crippen molar-refractivity contribution >= 4 is 17.7 Å². The Hall–Kier alpha value is -2.28. The Labute approximate surface area is 121 Å². The van der Waals surface area contributed by atoms with Crippen LogP contribution in [0.3, 0.4) is 0 Å². The van der Waals surface area contributed by atoms with Crippen molar-refractivity contribution in [3.63, 3.8) is 0 Å². The number of amides is 2. The molecule has 0 heterocycles. The van der Waals surface area contributed by atoms with Crippen LogP contribution < -0.4 is 10.6 Å². The summed E-state index contributed by atoms with van der Waals surface area (Å²) in [7, 11) is 1.62. The summed E-state index contributed by atoms with van der Waals surface area (Å²) in [4.78, 5) is 22.7. The number of ether oxygens (including phenoxy) is 1. The van der Waals surface area contributed by atoms with Crippen LogP contribution in [-0.2, 0) is 4.74 Å². The number of aromatic carboxylic acids is 1. The van der Waals surface area contributed by atoms with Crippen LogP contribution in [0, 0.1) is 0 Å². The third kappa shape index (κ3) is 3.63. The molecule has 0 radical (unpaired) electrons. The van der Waals surface area contributed by atoms with Gasteiger partial charge in [-0.05, 0) is 31.4 Å². The Morgan fingerprint density at radius 1 is 1.33 bits per heavy atom. The molecule has 7 nitrogen and oxygen atoms in total. The quantitative estimate of drug-likeness (QED) is 0.677. The number of urea groups is 1. The van der Waals surface area contributed by atoms with E-state index in [1.807, 2.05) is 0 Å². The summed E-state index contributed by atoms with van der Waals surface area (Å²) < 4.78 is 5.29. The number of aromatic hydroxyl groups is 1. The summed E-state index contributed by atoms with van der Waals surface area (Å²) in [6, 6.07) is 3.41. The standard InChI is InChI=1S/C14H18N2O5/c1-21-12-4-2-3-10(12)16-14(20)15-8-5-6-9(13(18)19)11(17)7-8/h5-7,10,12,17H,2-4H2,1H3,(H,18,19)(H2,15,16,20). The van der Waals surface area contributed by atoms with Gasteiger partial charge >= 0.3 is 12.0 Å². The first-order valence-corrected chi connectivity index (χ1v) is 6.68. The van der Waals surface area contributed by atoms with Crippen molar-refractivity contribution in [2.75, 3.05) is 12.4 Å². The summed E-state index contributed by atoms with van der Waals surface area (Å²) in [5.74, 6) is -1.62. The van der Waals surface area contributed by atoms with Crippen molar-refractivity contribution in [3.8, 4) is 5.75 Å². The monoisotopic (exact) mass is 294 g/mol. The van der Waals surface area contributed by atoms with E-state index in [4.69, 9.17) is 9.84 Å². The van der Waals surface area contributed by atoms with E-state index in [2.05, 4.69) is 10.6 Å². The molecule has 2 unspecified atom stereocenters. The molecule has 1 aromatic rings. The summed E-state index contributed by atoms with van der Waals surface area (Å²) >= 11 is 0. The third-order valence-electron chi connectivity index (χ3n) is 3.56. The first kappa shape index (κ1) is 15.1. The Balaban J connectivity index is 1.96. The smallest absolute Gasteiger partial charge is 0.339 e. The maximum atomic E-state index is 11.9. The minimum atomic E-state index is -1.22. The van der Waals surface area contributed by atoms with Crippen LogP contribution in [0.15, 0.2) is 18.2 Å². The molecule has 7 heteroatoms. The maximum absolute atomic E-state index is 11.9. The van der Waals surface area contributed by atoms with E-state index in [9.17, 15) is 14.7 Å². The minimum Gasteiger partial charge on any atom is -0.507 e. The largest absolute Gasteiger partial charge is 0.507 e. The van der Waals surface area contributed by atoms with E-state index in [0.717, 1.165) is 19.3 Å². The van der Waals surface area contributed by atoms with Crippen molar-refractivity contribution in [1.82, 2.24) is 5.32 Å². The van der Waals surface area contributed by atoms with Crippen molar-refractivity contribution in [2.45, 2.75) is 31.4 Å². The molecule has 114 valence electrons. The number of nitrogens with one attached hydrogen (secondary N) is 2. The van der Waals surface area contributed by atoms with E-state index in [0.29, 0.717) is 5.69 Å². The lowest BCUT2D eigenvalue weighted by molar-refractivity contribution is 0.0693. The molecule has 2 amide bonds. The minimum absolute atomic E-state index is 0.0125. The number of methoxy groups -OCH3 is 1. The van der Waals surface area contributed by atoms with Gasteiger partial charge in [0.15, 0.2) is 0 Å². The zero-order chi connectivity index (χ0) is 15.4. The number of carboxylic acid groups (broad SMARTS) is 1. The normalized spacial score (nSPS) is 21.0. The average molecular weight is 294 g/mol. The van der Waals surface area contributed by atoms with Crippen LogP contribution >= 0.6 is 0 Å². The van der Waals surface area contributed by atoms with Gasteiger partial charge in [-0.3, -0.25) is 0 Å². The van der Waals surface area contributed by atoms with E-state index in [-0.39, 0.29) is 17.7 Å². The molecule has 1 aliphatic carbocycles. The molecule has 0 aliphatic heterocycles. The molecular weight excluding hydrogens is 276 g/mol. The molecule has 21 heavy (non-hydrogen) atoms. The number of carbonyl (C=O) groups excluding carboxylic acids is 1. The van der Waals surface area contributed by atoms with Crippen LogP contribution in [0.2, 0.25) is 0 Å². The summed E-state index contributed by atoms with van der Waals surface area (Å²) in [6.07, 6.45) is 2.78. The molecule has 1 aromatic carbocycles. The predicted molar refractivity (Wildman–Crippen MR) is 75.7 cm³/mol. The molecule has 0 bridgehead atoms. The van der Waals surface area contributed by atoms with Crippen LogP contribution in [0.1, 0.15) is 29.6 Å². The second-order valence-electron chi connectivity index (χ2n) is 4.95. The predicted octanol–water partition coefficient (Wildman–Crippen LogP) is 1.78. The lowest BCUT2D eigenvalue weighted by Gasteiger charge is -2.20. The zero-order valence-corrected chi connectivity index (χ0v) is 11.6. The van der Waals surface area contributed by atoms with Crippen LogP contribution in [0.5, 0.6) is 5.75 Å². The Morgan fingerprint density at radius 2 is 2.10 bits per heavy atom. The van der Waals surface area contributed by atoms with Crippen molar-refractivity contribution in [3.05, 3.63) is 23.8 Å². The van der Waals surface area contributed by atoms with E-state index in [1.54, 1.807) is 7.11 Å². The highest BCUT2D eigenvalue weighted by Crippen LogP contribution is 2.23. The Kier molecular flexibility index (Phi) is 4.64. The van der Waals surface area contributed by atoms with Crippen LogP contribution in [0.4, 0.5) is 10.5 Å². The molecule has 1 fully saturated rings. The first-order chi connectivity index (χ1) is 10.0. The highest BCUT2D eigenvalue weighted by molar-refractivity contribution is 5.94. The topological polar surface area (TPSA) is 108 Å². The molecule has 0 saturated heterocycles. The van der Waals surface area contributed by atoms with Gasteiger partial charge < -0.3 is 25.6 Å². The molecular formula is C14H18N2O5. The number of carboxylic acids is 1. The fraction of sp³-hybridized carbons (Fsp3) is 0.429. The average Bonchev–Trinajstić information content (AvgIpc) is 2.85. The molecule has 4 N–H and O–H groups in total. The van der Waals surface area contributed by atoms with E-state index >= 15 is 0 Å². The lowest BCUT2D eigenvalue weighted by Crippen LogP contribution is -2.42. The number of benzene rings is 1. The lowest BCUT2D eigenvalue weighted by atomic mass is 10.2. The fourth-order valence-electron chi connectivity index (χ4n) is 2.50. The van der Waals surface area contributed by atoms with Gasteiger partial charge in [0, 0.05) is 18.9 Å². The third-order valence-corrected chi connectivity index (χ3v) is 3.56. The van der Waals surface area contributed by atoms with Crippen LogP contribution in [-0.4, -0.2) is 41.5 Å². The van der Waals surface area contributed by atoms with E-state index < -0.39 is 17.7 Å². The highest BCUT2D eigenvalue weighted by atomic mass is 16.5. The van der Waals surface area contributed by atoms with Gasteiger partial charge in [-0.15, -0.1) is 0 Å². The van der Waals surface area contributed by atoms with Gasteiger partial charge in [0.2, 0.25) is 0 Å². The van der Waals surface area contributed by atoms with Gasteiger partial charge in [0.25, 0.3) is 0 Å². The molecule has 1 aliphatic rings. The maximum Gasteiger partial charge on any atom is 0.339 e. The van der Waals surface area contributed by atoms with Gasteiger partial charge in [-0.25, -0.2) is 9.59 Å². The molecule has 0 aromatic heterocycles. The van der Waals surface area contributed by atoms with Crippen molar-refractivity contribution in [2.24, 2.45) is 0 Å². The summed E-state index contributed by atoms with van der Waals surface area (Å²) in [5, 5.41) is 23.8. The van der Waals surface area contributed by atoms with E-state index in [1.165, 1.54) is 18.2 Å². The van der Waals surface area contributed by atoms with Gasteiger partial charge in [-0.2, -0.15) is 0 Å². The van der Waals surface area contributed by atoms with Gasteiger partial charge in [0.05, 0.1) is 12.1 Å². The SMILES string of the molecule is COC1CCCC1NC(=O)Nc1ccc(C(=O)O)c(O)c1. The summed E-state index contributed by atoms with van der Waals surface area (Å²) in [5.41, 5.74) is 0.109. The number of hydrogen-bond acceptors (Lipinski definition) is 4. The fourth-order valence-corrected chi connectivity index (χ4v) is 2.50. The molecule has 1 saturated carbocycles. The second kappa shape index (κ2) is 6.45. The number of hydrogen-bond donors (Lipinski definition) is 4. The zero-order valence-electron chi connectivity index (χ0n) is 11.6.